The Kier molecular flexibility index (Phi) is 10.2. The van der Waals surface area contributed by atoms with E-state index >= 15 is 0 Å². The maximum absolute atomic E-state index is 13.5. The van der Waals surface area contributed by atoms with Crippen molar-refractivity contribution < 1.29 is 22.7 Å². The van der Waals surface area contributed by atoms with Crippen LogP contribution in [0.15, 0.2) is 71.6 Å². The van der Waals surface area contributed by atoms with Crippen molar-refractivity contribution >= 4 is 56.6 Å². The highest BCUT2D eigenvalue weighted by atomic mass is 35.5. The molecule has 192 valence electrons. The second-order valence-corrected chi connectivity index (χ2v) is 11.3. The van der Waals surface area contributed by atoms with E-state index in [0.29, 0.717) is 39.5 Å². The molecule has 3 aromatic carbocycles. The van der Waals surface area contributed by atoms with Crippen LogP contribution < -0.4 is 19.1 Å². The van der Waals surface area contributed by atoms with Gasteiger partial charge in [0.1, 0.15) is 6.54 Å². The van der Waals surface area contributed by atoms with Gasteiger partial charge in [-0.3, -0.25) is 9.10 Å². The van der Waals surface area contributed by atoms with Crippen LogP contribution in [0.5, 0.6) is 11.5 Å². The van der Waals surface area contributed by atoms with E-state index in [2.05, 4.69) is 5.32 Å². The van der Waals surface area contributed by atoms with Crippen LogP contribution in [0, 0.1) is 0 Å². The molecule has 0 saturated carbocycles. The Morgan fingerprint density at radius 2 is 1.69 bits per heavy atom. The summed E-state index contributed by atoms with van der Waals surface area (Å²) in [5.74, 6) is 1.54. The molecule has 0 heterocycles. The Hall–Kier alpha value is -2.59. The molecule has 0 spiro atoms. The van der Waals surface area contributed by atoms with E-state index in [0.717, 1.165) is 9.87 Å². The minimum absolute atomic E-state index is 0.0211. The number of sulfonamides is 1. The van der Waals surface area contributed by atoms with Crippen molar-refractivity contribution in [1.29, 1.82) is 0 Å². The Morgan fingerprint density at radius 3 is 2.36 bits per heavy atom. The minimum atomic E-state index is -4.08. The fourth-order valence-electron chi connectivity index (χ4n) is 3.28. The molecule has 0 aliphatic heterocycles. The molecule has 0 bridgehead atoms. The molecule has 0 fully saturated rings. The van der Waals surface area contributed by atoms with Crippen molar-refractivity contribution in [3.63, 3.8) is 0 Å². The third-order valence-corrected chi connectivity index (χ3v) is 8.48. The number of hydrogen-bond donors (Lipinski definition) is 1. The Balaban J connectivity index is 1.67. The number of hydrogen-bond acceptors (Lipinski definition) is 6. The predicted octanol–water partition coefficient (Wildman–Crippen LogP) is 5.26. The van der Waals surface area contributed by atoms with Gasteiger partial charge in [0.25, 0.3) is 10.0 Å². The van der Waals surface area contributed by atoms with Gasteiger partial charge in [0.15, 0.2) is 11.5 Å². The Bertz CT molecular complexity index is 1290. The lowest BCUT2D eigenvalue weighted by Crippen LogP contribution is -2.41. The van der Waals surface area contributed by atoms with Crippen LogP contribution in [0.2, 0.25) is 10.0 Å². The zero-order chi connectivity index (χ0) is 26.1. The first kappa shape index (κ1) is 28.0. The van der Waals surface area contributed by atoms with Crippen LogP contribution in [0.25, 0.3) is 0 Å². The number of carbonyl (C=O) groups is 1. The standard InChI is InChI=1S/C25H26Cl2N2O5S2/c1-33-23-11-10-21(15-24(23)34-2)36(31,32)29(20-6-4-3-5-7-20)16-25(30)28-12-13-35-17-18-8-9-19(26)14-22(18)27/h3-11,14-15H,12-13,16-17H2,1-2H3,(H,28,30). The van der Waals surface area contributed by atoms with Gasteiger partial charge in [0.05, 0.1) is 24.8 Å². The monoisotopic (exact) mass is 568 g/mol. The zero-order valence-corrected chi connectivity index (χ0v) is 22.9. The lowest BCUT2D eigenvalue weighted by molar-refractivity contribution is -0.119. The number of amides is 1. The van der Waals surface area contributed by atoms with Gasteiger partial charge >= 0.3 is 0 Å². The first-order valence-corrected chi connectivity index (χ1v) is 14.2. The number of methoxy groups -OCH3 is 2. The molecule has 0 aliphatic carbocycles. The minimum Gasteiger partial charge on any atom is -0.493 e. The fraction of sp³-hybridized carbons (Fsp3) is 0.240. The van der Waals surface area contributed by atoms with Crippen LogP contribution in [0.4, 0.5) is 5.69 Å². The number of carbonyl (C=O) groups excluding carboxylic acids is 1. The molecule has 3 aromatic rings. The van der Waals surface area contributed by atoms with Gasteiger partial charge < -0.3 is 14.8 Å². The lowest BCUT2D eigenvalue weighted by atomic mass is 10.2. The zero-order valence-electron chi connectivity index (χ0n) is 19.7. The van der Waals surface area contributed by atoms with Crippen molar-refractivity contribution in [1.82, 2.24) is 5.32 Å². The molecule has 0 radical (unpaired) electrons. The van der Waals surface area contributed by atoms with Crippen molar-refractivity contribution in [2.75, 3.05) is 37.4 Å². The van der Waals surface area contributed by atoms with Gasteiger partial charge in [-0.15, -0.1) is 0 Å². The van der Waals surface area contributed by atoms with Gasteiger partial charge in [0, 0.05) is 34.2 Å². The third-order valence-electron chi connectivity index (χ3n) is 5.12. The summed E-state index contributed by atoms with van der Waals surface area (Å²) in [6, 6.07) is 18.1. The Labute approximate surface area is 225 Å². The number of nitrogens with one attached hydrogen (secondary N) is 1. The van der Waals surface area contributed by atoms with Gasteiger partial charge in [-0.25, -0.2) is 8.42 Å². The van der Waals surface area contributed by atoms with E-state index in [1.807, 2.05) is 6.07 Å². The third kappa shape index (κ3) is 7.22. The summed E-state index contributed by atoms with van der Waals surface area (Å²) >= 11 is 13.7. The smallest absolute Gasteiger partial charge is 0.264 e. The van der Waals surface area contributed by atoms with Crippen molar-refractivity contribution in [2.24, 2.45) is 0 Å². The summed E-state index contributed by atoms with van der Waals surface area (Å²) in [6.45, 7) is -0.0118. The molecular weight excluding hydrogens is 543 g/mol. The highest BCUT2D eigenvalue weighted by molar-refractivity contribution is 7.98. The van der Waals surface area contributed by atoms with Crippen molar-refractivity contribution in [3.05, 3.63) is 82.3 Å². The molecule has 36 heavy (non-hydrogen) atoms. The van der Waals surface area contributed by atoms with E-state index in [1.165, 1.54) is 32.4 Å². The average Bonchev–Trinajstić information content (AvgIpc) is 2.88. The molecule has 0 aromatic heterocycles. The van der Waals surface area contributed by atoms with E-state index in [4.69, 9.17) is 32.7 Å². The van der Waals surface area contributed by atoms with E-state index in [-0.39, 0.29) is 17.2 Å². The lowest BCUT2D eigenvalue weighted by Gasteiger charge is -2.24. The van der Waals surface area contributed by atoms with Crippen molar-refractivity contribution in [3.8, 4) is 11.5 Å². The molecule has 0 unspecified atom stereocenters. The topological polar surface area (TPSA) is 84.9 Å². The first-order chi connectivity index (χ1) is 17.3. The highest BCUT2D eigenvalue weighted by Crippen LogP contribution is 2.32. The number of rotatable bonds is 12. The first-order valence-electron chi connectivity index (χ1n) is 10.8. The molecule has 7 nitrogen and oxygen atoms in total. The largest absolute Gasteiger partial charge is 0.493 e. The molecule has 1 amide bonds. The van der Waals surface area contributed by atoms with Crippen LogP contribution >= 0.6 is 35.0 Å². The normalized spacial score (nSPS) is 11.1. The number of nitrogens with zero attached hydrogens (tertiary/aromatic N) is 1. The summed E-state index contributed by atoms with van der Waals surface area (Å²) < 4.78 is 38.6. The number of para-hydroxylation sites is 1. The fourth-order valence-corrected chi connectivity index (χ4v) is 6.14. The number of benzene rings is 3. The van der Waals surface area contributed by atoms with Crippen LogP contribution in [0.1, 0.15) is 5.56 Å². The van der Waals surface area contributed by atoms with Gasteiger partial charge in [0.2, 0.25) is 5.91 Å². The van der Waals surface area contributed by atoms with Crippen LogP contribution in [0.3, 0.4) is 0 Å². The number of halogens is 2. The molecule has 11 heteroatoms. The van der Waals surface area contributed by atoms with E-state index in [9.17, 15) is 13.2 Å². The predicted molar refractivity (Wildman–Crippen MR) is 146 cm³/mol. The summed E-state index contributed by atoms with van der Waals surface area (Å²) in [6.07, 6.45) is 0. The second-order valence-electron chi connectivity index (χ2n) is 7.50. The van der Waals surface area contributed by atoms with E-state index < -0.39 is 15.9 Å². The highest BCUT2D eigenvalue weighted by Gasteiger charge is 2.28. The van der Waals surface area contributed by atoms with Gasteiger partial charge in [-0.1, -0.05) is 47.5 Å². The molecule has 0 aliphatic rings. The summed E-state index contributed by atoms with van der Waals surface area (Å²) in [4.78, 5) is 12.7. The molecule has 0 saturated heterocycles. The average molecular weight is 570 g/mol. The quantitative estimate of drug-likeness (QED) is 0.300. The maximum atomic E-state index is 13.5. The van der Waals surface area contributed by atoms with Gasteiger partial charge in [-0.05, 0) is 42.0 Å². The molecule has 1 N–H and O–H groups in total. The number of anilines is 1. The van der Waals surface area contributed by atoms with Crippen LogP contribution in [-0.4, -0.2) is 47.4 Å². The SMILES string of the molecule is COc1ccc(S(=O)(=O)N(CC(=O)NCCSCc2ccc(Cl)cc2Cl)c2ccccc2)cc1OC. The van der Waals surface area contributed by atoms with Crippen molar-refractivity contribution in [2.45, 2.75) is 10.6 Å². The summed E-state index contributed by atoms with van der Waals surface area (Å²) in [5.41, 5.74) is 1.32. The summed E-state index contributed by atoms with van der Waals surface area (Å²) in [5, 5.41) is 3.96. The second kappa shape index (κ2) is 13.1. The Morgan fingerprint density at radius 1 is 0.972 bits per heavy atom. The van der Waals surface area contributed by atoms with Gasteiger partial charge in [-0.2, -0.15) is 11.8 Å². The summed E-state index contributed by atoms with van der Waals surface area (Å²) in [7, 11) is -1.19. The van der Waals surface area contributed by atoms with Crippen LogP contribution in [-0.2, 0) is 20.6 Å². The molecule has 0 atom stereocenters. The molecular formula is C25H26Cl2N2O5S2. The number of ether oxygens (including phenoxy) is 2. The molecule has 3 rings (SSSR count). The maximum Gasteiger partial charge on any atom is 0.264 e. The number of thioether (sulfide) groups is 1. The van der Waals surface area contributed by atoms with E-state index in [1.54, 1.807) is 54.2 Å².